The summed E-state index contributed by atoms with van der Waals surface area (Å²) in [7, 11) is 0. The molecule has 0 saturated carbocycles. The molecule has 0 spiro atoms. The van der Waals surface area contributed by atoms with Gasteiger partial charge >= 0.3 is 0 Å². The molecule has 0 bridgehead atoms. The van der Waals surface area contributed by atoms with E-state index in [1.165, 1.54) is 24.3 Å². The van der Waals surface area contributed by atoms with Gasteiger partial charge in [0.2, 0.25) is 0 Å². The van der Waals surface area contributed by atoms with E-state index in [1.807, 2.05) is 0 Å². The Morgan fingerprint density at radius 2 is 1.58 bits per heavy atom. The molecule has 0 aliphatic heterocycles. The van der Waals surface area contributed by atoms with Crippen molar-refractivity contribution < 1.29 is 13.9 Å². The Kier molecular flexibility index (Phi) is 4.71. The van der Waals surface area contributed by atoms with Crippen LogP contribution in [0.4, 0.5) is 8.78 Å². The van der Waals surface area contributed by atoms with Crippen LogP contribution >= 0.6 is 31.9 Å². The summed E-state index contributed by atoms with van der Waals surface area (Å²) in [6.45, 7) is 0. The molecule has 0 aliphatic carbocycles. The Morgan fingerprint density at radius 3 is 2.26 bits per heavy atom. The molecule has 1 N–H and O–H groups in total. The lowest BCUT2D eigenvalue weighted by atomic mass is 10.0. The predicted molar refractivity (Wildman–Crippen MR) is 76.9 cm³/mol. The number of aliphatic hydroxyl groups is 1. The van der Waals surface area contributed by atoms with Crippen LogP contribution in [0.2, 0.25) is 0 Å². The van der Waals surface area contributed by atoms with E-state index < -0.39 is 11.9 Å². The van der Waals surface area contributed by atoms with E-state index in [-0.39, 0.29) is 12.2 Å². The van der Waals surface area contributed by atoms with E-state index in [0.717, 1.165) is 5.56 Å². The maximum atomic E-state index is 13.2. The first-order valence-electron chi connectivity index (χ1n) is 5.54. The zero-order chi connectivity index (χ0) is 14.0. The normalized spacial score (nSPS) is 12.5. The van der Waals surface area contributed by atoms with Crippen molar-refractivity contribution in [1.29, 1.82) is 0 Å². The van der Waals surface area contributed by atoms with Gasteiger partial charge in [-0.1, -0.05) is 37.9 Å². The molecule has 0 aromatic heterocycles. The van der Waals surface area contributed by atoms with Crippen molar-refractivity contribution in [2.45, 2.75) is 12.5 Å². The van der Waals surface area contributed by atoms with Crippen LogP contribution in [-0.2, 0) is 6.42 Å². The molecule has 2 rings (SSSR count). The molecule has 5 heteroatoms. The largest absolute Gasteiger partial charge is 0.388 e. The van der Waals surface area contributed by atoms with E-state index in [2.05, 4.69) is 31.9 Å². The SMILES string of the molecule is OC(Cc1ccc(F)cc1Br)c1cc(F)ccc1Br. The van der Waals surface area contributed by atoms with Gasteiger partial charge in [0.05, 0.1) is 6.10 Å². The first kappa shape index (κ1) is 14.6. The zero-order valence-electron chi connectivity index (χ0n) is 9.71. The summed E-state index contributed by atoms with van der Waals surface area (Å²) >= 11 is 6.52. The minimum atomic E-state index is -0.869. The van der Waals surface area contributed by atoms with Crippen molar-refractivity contribution in [2.24, 2.45) is 0 Å². The molecule has 2 aromatic rings. The van der Waals surface area contributed by atoms with Crippen LogP contribution in [0, 0.1) is 11.6 Å². The number of rotatable bonds is 3. The maximum absolute atomic E-state index is 13.2. The van der Waals surface area contributed by atoms with Crippen LogP contribution in [0.15, 0.2) is 45.3 Å². The third kappa shape index (κ3) is 3.61. The molecule has 0 aliphatic rings. The van der Waals surface area contributed by atoms with Crippen molar-refractivity contribution >= 4 is 31.9 Å². The summed E-state index contributed by atoms with van der Waals surface area (Å²) in [5, 5.41) is 10.2. The Morgan fingerprint density at radius 1 is 0.947 bits per heavy atom. The van der Waals surface area contributed by atoms with Gasteiger partial charge in [0.15, 0.2) is 0 Å². The Balaban J connectivity index is 2.25. The lowest BCUT2D eigenvalue weighted by Crippen LogP contribution is -2.04. The van der Waals surface area contributed by atoms with Crippen LogP contribution in [0.3, 0.4) is 0 Å². The number of benzene rings is 2. The molecule has 0 saturated heterocycles. The molecule has 2 aromatic carbocycles. The fraction of sp³-hybridized carbons (Fsp3) is 0.143. The number of aliphatic hydroxyl groups excluding tert-OH is 1. The second kappa shape index (κ2) is 6.11. The van der Waals surface area contributed by atoms with E-state index in [1.54, 1.807) is 12.1 Å². The van der Waals surface area contributed by atoms with Crippen molar-refractivity contribution in [2.75, 3.05) is 0 Å². The molecular weight excluding hydrogens is 382 g/mol. The number of hydrogen-bond acceptors (Lipinski definition) is 1. The van der Waals surface area contributed by atoms with Crippen molar-refractivity contribution in [3.8, 4) is 0 Å². The number of hydrogen-bond donors (Lipinski definition) is 1. The molecule has 1 unspecified atom stereocenters. The molecular formula is C14H10Br2F2O. The molecule has 100 valence electrons. The quantitative estimate of drug-likeness (QED) is 0.799. The van der Waals surface area contributed by atoms with Gasteiger partial charge in [-0.25, -0.2) is 8.78 Å². The minimum absolute atomic E-state index is 0.267. The second-order valence-corrected chi connectivity index (χ2v) is 5.83. The van der Waals surface area contributed by atoms with E-state index in [4.69, 9.17) is 0 Å². The summed E-state index contributed by atoms with van der Waals surface area (Å²) in [4.78, 5) is 0. The average molecular weight is 392 g/mol. The van der Waals surface area contributed by atoms with E-state index >= 15 is 0 Å². The monoisotopic (exact) mass is 390 g/mol. The van der Waals surface area contributed by atoms with Crippen LogP contribution in [0.1, 0.15) is 17.2 Å². The van der Waals surface area contributed by atoms with Crippen LogP contribution < -0.4 is 0 Å². The maximum Gasteiger partial charge on any atom is 0.124 e. The first-order chi connectivity index (χ1) is 8.97. The lowest BCUT2D eigenvalue weighted by Gasteiger charge is -2.14. The molecule has 1 nitrogen and oxygen atoms in total. The van der Waals surface area contributed by atoms with Gasteiger partial charge < -0.3 is 5.11 Å². The summed E-state index contributed by atoms with van der Waals surface area (Å²) in [5.41, 5.74) is 1.22. The highest BCUT2D eigenvalue weighted by atomic mass is 79.9. The van der Waals surface area contributed by atoms with Gasteiger partial charge in [-0.3, -0.25) is 0 Å². The molecule has 19 heavy (non-hydrogen) atoms. The van der Waals surface area contributed by atoms with Crippen molar-refractivity contribution in [3.05, 3.63) is 68.1 Å². The van der Waals surface area contributed by atoms with E-state index in [0.29, 0.717) is 14.5 Å². The topological polar surface area (TPSA) is 20.2 Å². The average Bonchev–Trinajstić information content (AvgIpc) is 2.35. The van der Waals surface area contributed by atoms with Gasteiger partial charge in [-0.2, -0.15) is 0 Å². The minimum Gasteiger partial charge on any atom is -0.388 e. The van der Waals surface area contributed by atoms with Gasteiger partial charge in [-0.15, -0.1) is 0 Å². The van der Waals surface area contributed by atoms with Gasteiger partial charge in [0, 0.05) is 15.4 Å². The van der Waals surface area contributed by atoms with Crippen LogP contribution in [-0.4, -0.2) is 5.11 Å². The summed E-state index contributed by atoms with van der Waals surface area (Å²) in [5.74, 6) is -0.757. The van der Waals surface area contributed by atoms with Crippen LogP contribution in [0.25, 0.3) is 0 Å². The van der Waals surface area contributed by atoms with Crippen LogP contribution in [0.5, 0.6) is 0 Å². The predicted octanol–water partition coefficient (Wildman–Crippen LogP) is 4.77. The summed E-state index contributed by atoms with van der Waals surface area (Å²) < 4.78 is 27.4. The third-order valence-corrected chi connectivity index (χ3v) is 4.21. The molecule has 0 amide bonds. The highest BCUT2D eigenvalue weighted by molar-refractivity contribution is 9.10. The Hall–Kier alpha value is -0.780. The Bertz CT molecular complexity index is 602. The highest BCUT2D eigenvalue weighted by Gasteiger charge is 2.15. The molecule has 0 heterocycles. The Labute approximate surface area is 126 Å². The zero-order valence-corrected chi connectivity index (χ0v) is 12.9. The molecule has 1 atom stereocenters. The first-order valence-corrected chi connectivity index (χ1v) is 7.13. The smallest absolute Gasteiger partial charge is 0.124 e. The highest BCUT2D eigenvalue weighted by Crippen LogP contribution is 2.29. The van der Waals surface area contributed by atoms with Crippen molar-refractivity contribution in [1.82, 2.24) is 0 Å². The summed E-state index contributed by atoms with van der Waals surface area (Å²) in [6, 6.07) is 8.40. The molecule has 0 fully saturated rings. The van der Waals surface area contributed by atoms with Crippen molar-refractivity contribution in [3.63, 3.8) is 0 Å². The fourth-order valence-electron chi connectivity index (χ4n) is 1.78. The third-order valence-electron chi connectivity index (χ3n) is 2.75. The fourth-order valence-corrected chi connectivity index (χ4v) is 2.80. The van der Waals surface area contributed by atoms with Gasteiger partial charge in [-0.05, 0) is 41.5 Å². The molecule has 0 radical (unpaired) electrons. The number of halogens is 4. The summed E-state index contributed by atoms with van der Waals surface area (Å²) in [6.07, 6.45) is -0.602. The van der Waals surface area contributed by atoms with Gasteiger partial charge in [0.25, 0.3) is 0 Å². The van der Waals surface area contributed by atoms with Gasteiger partial charge in [0.1, 0.15) is 11.6 Å². The second-order valence-electron chi connectivity index (χ2n) is 4.12. The van der Waals surface area contributed by atoms with E-state index in [9.17, 15) is 13.9 Å². The standard InChI is InChI=1S/C14H10Br2F2O/c15-12-4-3-9(17)6-11(12)14(19)5-8-1-2-10(18)7-13(8)16/h1-4,6-7,14,19H,5H2. The lowest BCUT2D eigenvalue weighted by molar-refractivity contribution is 0.177.